The van der Waals surface area contributed by atoms with Crippen molar-refractivity contribution in [1.29, 1.82) is 0 Å². The molecule has 1 unspecified atom stereocenters. The first kappa shape index (κ1) is 15.0. The second kappa shape index (κ2) is 5.72. The summed E-state index contributed by atoms with van der Waals surface area (Å²) < 4.78 is 4.77. The lowest BCUT2D eigenvalue weighted by atomic mass is 9.99. The molecule has 0 radical (unpaired) electrons. The number of nitrogens with one attached hydrogen (secondary N) is 2. The molecule has 2 N–H and O–H groups in total. The fraction of sp³-hybridized carbons (Fsp3) is 0.529. The van der Waals surface area contributed by atoms with E-state index in [4.69, 9.17) is 4.74 Å². The number of rotatable bonds is 4. The molecule has 1 heterocycles. The van der Waals surface area contributed by atoms with E-state index in [9.17, 15) is 9.59 Å². The van der Waals surface area contributed by atoms with E-state index in [0.29, 0.717) is 22.7 Å². The van der Waals surface area contributed by atoms with E-state index in [2.05, 4.69) is 10.6 Å². The van der Waals surface area contributed by atoms with Gasteiger partial charge in [-0.05, 0) is 56.8 Å². The molecular formula is C17H22N2O3. The number of esters is 1. The fourth-order valence-electron chi connectivity index (χ4n) is 3.36. The Hall–Kier alpha value is -1.88. The molecule has 5 heteroatoms. The van der Waals surface area contributed by atoms with Gasteiger partial charge in [0.1, 0.15) is 0 Å². The molecule has 5 nitrogen and oxygen atoms in total. The summed E-state index contributed by atoms with van der Waals surface area (Å²) in [5, 5.41) is 6.68. The number of hydrogen-bond acceptors (Lipinski definition) is 4. The summed E-state index contributed by atoms with van der Waals surface area (Å²) in [4.78, 5) is 24.4. The van der Waals surface area contributed by atoms with Crippen LogP contribution in [0.15, 0.2) is 18.2 Å². The van der Waals surface area contributed by atoms with Gasteiger partial charge in [-0.15, -0.1) is 0 Å². The second-order valence-corrected chi connectivity index (χ2v) is 6.23. The van der Waals surface area contributed by atoms with E-state index in [-0.39, 0.29) is 11.4 Å². The average molecular weight is 302 g/mol. The van der Waals surface area contributed by atoms with Crippen molar-refractivity contribution in [2.45, 2.75) is 44.2 Å². The number of hydrogen-bond donors (Lipinski definition) is 2. The van der Waals surface area contributed by atoms with Gasteiger partial charge in [-0.2, -0.15) is 0 Å². The molecule has 118 valence electrons. The standard InChI is InChI=1S/C17H22N2O3/c1-11-12(5-3-6-13(11)16(21)22-2)15(20)19-17(8-9-17)14-7-4-10-18-14/h3,5-6,14,18H,4,7-10H2,1-2H3,(H,19,20). The van der Waals surface area contributed by atoms with Crippen LogP contribution in [0.5, 0.6) is 0 Å². The van der Waals surface area contributed by atoms with Crippen LogP contribution in [-0.4, -0.2) is 37.1 Å². The molecule has 22 heavy (non-hydrogen) atoms. The lowest BCUT2D eigenvalue weighted by Gasteiger charge is -2.25. The van der Waals surface area contributed by atoms with E-state index in [1.54, 1.807) is 25.1 Å². The van der Waals surface area contributed by atoms with Crippen LogP contribution in [0.25, 0.3) is 0 Å². The van der Waals surface area contributed by atoms with Gasteiger partial charge in [0.2, 0.25) is 0 Å². The number of carbonyl (C=O) groups is 2. The Labute approximate surface area is 130 Å². The van der Waals surface area contributed by atoms with Crippen molar-refractivity contribution in [3.05, 3.63) is 34.9 Å². The highest BCUT2D eigenvalue weighted by Crippen LogP contribution is 2.42. The maximum absolute atomic E-state index is 12.6. The maximum atomic E-state index is 12.6. The third-order valence-electron chi connectivity index (χ3n) is 4.86. The van der Waals surface area contributed by atoms with Gasteiger partial charge in [-0.25, -0.2) is 4.79 Å². The number of ether oxygens (including phenoxy) is 1. The highest BCUT2D eigenvalue weighted by molar-refractivity contribution is 6.00. The van der Waals surface area contributed by atoms with Gasteiger partial charge >= 0.3 is 5.97 Å². The minimum Gasteiger partial charge on any atom is -0.465 e. The molecule has 1 amide bonds. The van der Waals surface area contributed by atoms with E-state index in [1.165, 1.54) is 13.5 Å². The monoisotopic (exact) mass is 302 g/mol. The molecule has 1 aromatic carbocycles. The lowest BCUT2D eigenvalue weighted by molar-refractivity contribution is 0.0600. The predicted molar refractivity (Wildman–Crippen MR) is 83.0 cm³/mol. The van der Waals surface area contributed by atoms with E-state index in [0.717, 1.165) is 25.8 Å². The van der Waals surface area contributed by atoms with Crippen molar-refractivity contribution in [2.75, 3.05) is 13.7 Å². The molecule has 0 bridgehead atoms. The average Bonchev–Trinajstić information content (AvgIpc) is 3.08. The molecule has 1 atom stereocenters. The molecule has 1 saturated carbocycles. The normalized spacial score (nSPS) is 22.2. The van der Waals surface area contributed by atoms with Crippen molar-refractivity contribution in [1.82, 2.24) is 10.6 Å². The van der Waals surface area contributed by atoms with E-state index < -0.39 is 5.97 Å². The molecule has 1 saturated heterocycles. The molecule has 1 aliphatic heterocycles. The fourth-order valence-corrected chi connectivity index (χ4v) is 3.36. The molecule has 1 aromatic rings. The topological polar surface area (TPSA) is 67.4 Å². The van der Waals surface area contributed by atoms with Crippen molar-refractivity contribution >= 4 is 11.9 Å². The zero-order chi connectivity index (χ0) is 15.7. The van der Waals surface area contributed by atoms with Gasteiger partial charge in [0, 0.05) is 11.6 Å². The minimum absolute atomic E-state index is 0.0959. The SMILES string of the molecule is COC(=O)c1cccc(C(=O)NC2(C3CCCN3)CC2)c1C. The Morgan fingerprint density at radius 2 is 2.05 bits per heavy atom. The Morgan fingerprint density at radius 3 is 2.64 bits per heavy atom. The molecule has 1 aliphatic carbocycles. The summed E-state index contributed by atoms with van der Waals surface area (Å²) in [5.41, 5.74) is 1.56. The van der Waals surface area contributed by atoms with Gasteiger partial charge in [-0.1, -0.05) is 6.07 Å². The van der Waals surface area contributed by atoms with Gasteiger partial charge in [0.25, 0.3) is 5.91 Å². The number of methoxy groups -OCH3 is 1. The first-order chi connectivity index (χ1) is 10.6. The highest BCUT2D eigenvalue weighted by Gasteiger charge is 2.51. The first-order valence-corrected chi connectivity index (χ1v) is 7.81. The van der Waals surface area contributed by atoms with Crippen LogP contribution >= 0.6 is 0 Å². The molecule has 2 fully saturated rings. The van der Waals surface area contributed by atoms with E-state index in [1.807, 2.05) is 0 Å². The lowest BCUT2D eigenvalue weighted by Crippen LogP contribution is -2.49. The van der Waals surface area contributed by atoms with Crippen LogP contribution < -0.4 is 10.6 Å². The molecule has 0 spiro atoms. The van der Waals surface area contributed by atoms with Crippen LogP contribution in [-0.2, 0) is 4.74 Å². The van der Waals surface area contributed by atoms with Gasteiger partial charge < -0.3 is 15.4 Å². The Morgan fingerprint density at radius 1 is 1.32 bits per heavy atom. The predicted octanol–water partition coefficient (Wildman–Crippen LogP) is 1.80. The largest absolute Gasteiger partial charge is 0.465 e. The number of carbonyl (C=O) groups excluding carboxylic acids is 2. The Kier molecular flexibility index (Phi) is 3.91. The maximum Gasteiger partial charge on any atom is 0.338 e. The smallest absolute Gasteiger partial charge is 0.338 e. The van der Waals surface area contributed by atoms with Crippen molar-refractivity contribution in [3.63, 3.8) is 0 Å². The summed E-state index contributed by atoms with van der Waals surface area (Å²) >= 11 is 0. The number of benzene rings is 1. The molecular weight excluding hydrogens is 280 g/mol. The zero-order valence-electron chi connectivity index (χ0n) is 13.1. The van der Waals surface area contributed by atoms with Gasteiger partial charge in [0.05, 0.1) is 18.2 Å². The van der Waals surface area contributed by atoms with Crippen LogP contribution in [0.1, 0.15) is 52.0 Å². The quantitative estimate of drug-likeness (QED) is 0.832. The summed E-state index contributed by atoms with van der Waals surface area (Å²) in [6.07, 6.45) is 4.32. The van der Waals surface area contributed by atoms with Crippen molar-refractivity contribution in [3.8, 4) is 0 Å². The van der Waals surface area contributed by atoms with Crippen LogP contribution in [0.3, 0.4) is 0 Å². The van der Waals surface area contributed by atoms with Crippen LogP contribution in [0.2, 0.25) is 0 Å². The summed E-state index contributed by atoms with van der Waals surface area (Å²) in [5.74, 6) is -0.514. The summed E-state index contributed by atoms with van der Waals surface area (Å²) in [6, 6.07) is 5.54. The van der Waals surface area contributed by atoms with Gasteiger partial charge in [-0.3, -0.25) is 4.79 Å². The van der Waals surface area contributed by atoms with Crippen molar-refractivity contribution < 1.29 is 14.3 Å². The molecule has 0 aromatic heterocycles. The van der Waals surface area contributed by atoms with Crippen LogP contribution in [0, 0.1) is 6.92 Å². The molecule has 3 rings (SSSR count). The highest BCUT2D eigenvalue weighted by atomic mass is 16.5. The number of amides is 1. The molecule has 2 aliphatic rings. The minimum atomic E-state index is -0.411. The summed E-state index contributed by atoms with van der Waals surface area (Å²) in [6.45, 7) is 2.81. The van der Waals surface area contributed by atoms with Crippen LogP contribution in [0.4, 0.5) is 0 Å². The Balaban J connectivity index is 1.79. The second-order valence-electron chi connectivity index (χ2n) is 6.23. The zero-order valence-corrected chi connectivity index (χ0v) is 13.1. The Bertz CT molecular complexity index is 602. The third kappa shape index (κ3) is 2.61. The van der Waals surface area contributed by atoms with E-state index >= 15 is 0 Å². The summed E-state index contributed by atoms with van der Waals surface area (Å²) in [7, 11) is 1.35. The van der Waals surface area contributed by atoms with Crippen molar-refractivity contribution in [2.24, 2.45) is 0 Å². The van der Waals surface area contributed by atoms with Gasteiger partial charge in [0.15, 0.2) is 0 Å². The third-order valence-corrected chi connectivity index (χ3v) is 4.86. The first-order valence-electron chi connectivity index (χ1n) is 7.81.